The predicted molar refractivity (Wildman–Crippen MR) is 73.7 cm³/mol. The molecule has 1 saturated carbocycles. The average molecular weight is 281 g/mol. The van der Waals surface area contributed by atoms with Crippen molar-refractivity contribution in [3.63, 3.8) is 0 Å². The van der Waals surface area contributed by atoms with Crippen molar-refractivity contribution >= 4 is 29.4 Å². The number of aromatic carboxylic acids is 1. The zero-order chi connectivity index (χ0) is 13.9. The van der Waals surface area contributed by atoms with Crippen molar-refractivity contribution in [2.75, 3.05) is 18.1 Å². The van der Waals surface area contributed by atoms with E-state index in [4.69, 9.17) is 5.11 Å². The van der Waals surface area contributed by atoms with E-state index in [-0.39, 0.29) is 16.5 Å². The van der Waals surface area contributed by atoms with Gasteiger partial charge in [-0.2, -0.15) is 11.8 Å². The van der Waals surface area contributed by atoms with Crippen LogP contribution in [-0.4, -0.2) is 39.6 Å². The number of thioether (sulfide) groups is 1. The number of nitrogens with zero attached hydrogens (tertiary/aromatic N) is 1. The van der Waals surface area contributed by atoms with E-state index >= 15 is 0 Å². The summed E-state index contributed by atoms with van der Waals surface area (Å²) in [6, 6.07) is 2.56. The van der Waals surface area contributed by atoms with Crippen LogP contribution in [0.15, 0.2) is 18.3 Å². The monoisotopic (exact) mass is 281 g/mol. The lowest BCUT2D eigenvalue weighted by atomic mass is 10.3. The van der Waals surface area contributed by atoms with Crippen LogP contribution in [0.5, 0.6) is 0 Å². The highest BCUT2D eigenvalue weighted by Gasteiger charge is 2.41. The summed E-state index contributed by atoms with van der Waals surface area (Å²) in [7, 11) is 0. The first-order valence-corrected chi connectivity index (χ1v) is 7.06. The second-order valence-corrected chi connectivity index (χ2v) is 5.71. The Morgan fingerprint density at radius 1 is 1.47 bits per heavy atom. The Bertz CT molecular complexity index is 485. The molecule has 1 aliphatic rings. The molecule has 2 rings (SSSR count). The van der Waals surface area contributed by atoms with Gasteiger partial charge in [0, 0.05) is 11.3 Å². The maximum atomic E-state index is 11.6. The molecular formula is C12H15N3O3S. The number of rotatable bonds is 5. The van der Waals surface area contributed by atoms with Crippen LogP contribution in [0, 0.1) is 0 Å². The number of carboxylic acids is 1. The van der Waals surface area contributed by atoms with Gasteiger partial charge < -0.3 is 15.7 Å². The molecule has 0 aromatic carbocycles. The number of nitrogens with one attached hydrogen (secondary N) is 2. The highest BCUT2D eigenvalue weighted by Crippen LogP contribution is 2.46. The fourth-order valence-corrected chi connectivity index (χ4v) is 2.33. The average Bonchev–Trinajstić information content (AvgIpc) is 3.18. The lowest BCUT2D eigenvalue weighted by Crippen LogP contribution is -2.35. The molecule has 3 N–H and O–H groups in total. The van der Waals surface area contributed by atoms with Gasteiger partial charge in [-0.05, 0) is 31.2 Å². The Morgan fingerprint density at radius 2 is 2.21 bits per heavy atom. The molecule has 0 radical (unpaired) electrons. The maximum Gasteiger partial charge on any atom is 0.354 e. The number of hydrogen-bond acceptors (Lipinski definition) is 4. The zero-order valence-electron chi connectivity index (χ0n) is 10.5. The minimum absolute atomic E-state index is 0.0507. The number of carbonyl (C=O) groups excluding carboxylic acids is 1. The van der Waals surface area contributed by atoms with Gasteiger partial charge in [0.2, 0.25) is 0 Å². The van der Waals surface area contributed by atoms with Crippen molar-refractivity contribution < 1.29 is 14.7 Å². The van der Waals surface area contributed by atoms with Gasteiger partial charge in [0.05, 0.1) is 11.9 Å². The second kappa shape index (κ2) is 5.48. The van der Waals surface area contributed by atoms with Crippen LogP contribution in [0.25, 0.3) is 0 Å². The van der Waals surface area contributed by atoms with Crippen molar-refractivity contribution in [1.82, 2.24) is 10.3 Å². The lowest BCUT2D eigenvalue weighted by Gasteiger charge is -2.13. The van der Waals surface area contributed by atoms with Gasteiger partial charge in [-0.3, -0.25) is 0 Å². The smallest absolute Gasteiger partial charge is 0.354 e. The summed E-state index contributed by atoms with van der Waals surface area (Å²) in [5.74, 6) is -1.09. The topological polar surface area (TPSA) is 91.3 Å². The minimum Gasteiger partial charge on any atom is -0.477 e. The van der Waals surface area contributed by atoms with Crippen molar-refractivity contribution in [3.05, 3.63) is 24.0 Å². The summed E-state index contributed by atoms with van der Waals surface area (Å²) in [5, 5.41) is 14.1. The van der Waals surface area contributed by atoms with Gasteiger partial charge in [0.1, 0.15) is 5.69 Å². The van der Waals surface area contributed by atoms with Crippen LogP contribution in [0.3, 0.4) is 0 Å². The van der Waals surface area contributed by atoms with Crippen molar-refractivity contribution in [3.8, 4) is 0 Å². The van der Waals surface area contributed by atoms with E-state index in [1.807, 2.05) is 6.26 Å². The highest BCUT2D eigenvalue weighted by molar-refractivity contribution is 8.00. The Hall–Kier alpha value is -1.76. The molecule has 19 heavy (non-hydrogen) atoms. The molecule has 2 amide bonds. The number of anilines is 1. The minimum atomic E-state index is -1.09. The normalized spacial score (nSPS) is 15.6. The van der Waals surface area contributed by atoms with Gasteiger partial charge in [-0.1, -0.05) is 0 Å². The third-order valence-electron chi connectivity index (χ3n) is 3.05. The number of carbonyl (C=O) groups is 2. The molecule has 6 nitrogen and oxygen atoms in total. The number of carboxylic acid groups (broad SMARTS) is 1. The summed E-state index contributed by atoms with van der Waals surface area (Å²) in [5.41, 5.74) is 0.418. The zero-order valence-corrected chi connectivity index (χ0v) is 11.3. The molecule has 0 aliphatic heterocycles. The molecule has 102 valence electrons. The molecule has 1 aliphatic carbocycles. The molecule has 0 unspecified atom stereocenters. The van der Waals surface area contributed by atoms with Crippen LogP contribution in [0.2, 0.25) is 0 Å². The number of urea groups is 1. The highest BCUT2D eigenvalue weighted by atomic mass is 32.2. The fraction of sp³-hybridized carbons (Fsp3) is 0.417. The quantitative estimate of drug-likeness (QED) is 0.765. The van der Waals surface area contributed by atoms with Crippen molar-refractivity contribution in [1.29, 1.82) is 0 Å². The largest absolute Gasteiger partial charge is 0.477 e. The number of aromatic nitrogens is 1. The maximum absolute atomic E-state index is 11.6. The fourth-order valence-electron chi connectivity index (χ4n) is 1.60. The van der Waals surface area contributed by atoms with E-state index in [0.29, 0.717) is 12.2 Å². The summed E-state index contributed by atoms with van der Waals surface area (Å²) in [6.07, 6.45) is 5.62. The van der Waals surface area contributed by atoms with Crippen LogP contribution >= 0.6 is 11.8 Å². The van der Waals surface area contributed by atoms with Crippen LogP contribution in [0.4, 0.5) is 10.5 Å². The Kier molecular flexibility index (Phi) is 3.94. The Morgan fingerprint density at radius 3 is 2.68 bits per heavy atom. The molecule has 1 fully saturated rings. The lowest BCUT2D eigenvalue weighted by molar-refractivity contribution is 0.0690. The van der Waals surface area contributed by atoms with Gasteiger partial charge in [0.25, 0.3) is 0 Å². The molecule has 1 aromatic heterocycles. The molecule has 0 spiro atoms. The van der Waals surface area contributed by atoms with E-state index in [1.165, 1.54) is 18.3 Å². The van der Waals surface area contributed by atoms with Gasteiger partial charge >= 0.3 is 12.0 Å². The Labute approximate surface area is 115 Å². The van der Waals surface area contributed by atoms with E-state index in [1.54, 1.807) is 11.8 Å². The van der Waals surface area contributed by atoms with Gasteiger partial charge in [-0.25, -0.2) is 14.6 Å². The molecule has 1 heterocycles. The molecule has 1 aromatic rings. The Balaban J connectivity index is 1.83. The molecule has 0 bridgehead atoms. The molecule has 0 saturated heterocycles. The van der Waals surface area contributed by atoms with Crippen LogP contribution in [-0.2, 0) is 0 Å². The van der Waals surface area contributed by atoms with Crippen molar-refractivity contribution in [2.24, 2.45) is 0 Å². The summed E-state index contributed by atoms with van der Waals surface area (Å²) in [4.78, 5) is 26.0. The summed E-state index contributed by atoms with van der Waals surface area (Å²) in [6.45, 7) is 0.640. The third kappa shape index (κ3) is 3.60. The molecular weight excluding hydrogens is 266 g/mol. The molecule has 7 heteroatoms. The number of pyridine rings is 1. The van der Waals surface area contributed by atoms with E-state index in [0.717, 1.165) is 12.8 Å². The third-order valence-corrected chi connectivity index (χ3v) is 4.47. The van der Waals surface area contributed by atoms with Gasteiger partial charge in [0.15, 0.2) is 0 Å². The van der Waals surface area contributed by atoms with Crippen LogP contribution < -0.4 is 10.6 Å². The summed E-state index contributed by atoms with van der Waals surface area (Å²) < 4.78 is 0.211. The second-order valence-electron chi connectivity index (χ2n) is 4.43. The van der Waals surface area contributed by atoms with Crippen molar-refractivity contribution in [2.45, 2.75) is 17.6 Å². The van der Waals surface area contributed by atoms with Gasteiger partial charge in [-0.15, -0.1) is 0 Å². The first-order valence-electron chi connectivity index (χ1n) is 5.84. The van der Waals surface area contributed by atoms with E-state index < -0.39 is 5.97 Å². The number of hydrogen-bond donors (Lipinski definition) is 3. The first-order chi connectivity index (χ1) is 9.04. The van der Waals surface area contributed by atoms with E-state index in [9.17, 15) is 9.59 Å². The molecule has 0 atom stereocenters. The number of amides is 2. The first kappa shape index (κ1) is 13.7. The van der Waals surface area contributed by atoms with E-state index in [2.05, 4.69) is 15.6 Å². The standard InChI is InChI=1S/C12H15N3O3S/c1-19-12(4-5-12)7-14-11(18)15-8-2-3-9(10(16)17)13-6-8/h2-3,6H,4-5,7H2,1H3,(H,16,17)(H2,14,15,18). The van der Waals surface area contributed by atoms with Crippen LogP contribution in [0.1, 0.15) is 23.3 Å². The summed E-state index contributed by atoms with van der Waals surface area (Å²) >= 11 is 1.77. The predicted octanol–water partition coefficient (Wildman–Crippen LogP) is 1.80. The SMILES string of the molecule is CSC1(CNC(=O)Nc2ccc(C(=O)O)nc2)CC1.